The molecule has 1 aromatic rings. The number of rotatable bonds is 2. The summed E-state index contributed by atoms with van der Waals surface area (Å²) in [4.78, 5) is 12.3. The monoisotopic (exact) mass is 229 g/mol. The van der Waals surface area contributed by atoms with Crippen molar-refractivity contribution in [1.29, 1.82) is 0 Å². The number of likely N-dealkylation sites (tertiary alicyclic amines) is 1. The molecular formula is C11H13ClFNO. The summed E-state index contributed by atoms with van der Waals surface area (Å²) in [5, 5.41) is 0. The molecule has 0 saturated carbocycles. The van der Waals surface area contributed by atoms with Crippen LogP contribution in [0, 0.1) is 5.82 Å². The molecule has 2 nitrogen and oxygen atoms in total. The van der Waals surface area contributed by atoms with Gasteiger partial charge in [-0.05, 0) is 24.1 Å². The van der Waals surface area contributed by atoms with Crippen LogP contribution in [-0.4, -0.2) is 24.4 Å². The quantitative estimate of drug-likeness (QED) is 0.712. The summed E-state index contributed by atoms with van der Waals surface area (Å²) in [5.41, 5.74) is 1.12. The summed E-state index contributed by atoms with van der Waals surface area (Å²) >= 11 is 0. The van der Waals surface area contributed by atoms with Crippen LogP contribution in [0.3, 0.4) is 0 Å². The molecule has 0 radical (unpaired) electrons. The van der Waals surface area contributed by atoms with Gasteiger partial charge in [0.2, 0.25) is 6.41 Å². The molecule has 0 bridgehead atoms. The third-order valence-electron chi connectivity index (χ3n) is 2.71. The first kappa shape index (κ1) is 12.0. The van der Waals surface area contributed by atoms with Crippen LogP contribution in [0.2, 0.25) is 0 Å². The molecule has 0 aromatic heterocycles. The summed E-state index contributed by atoms with van der Waals surface area (Å²) < 4.78 is 12.6. The Bertz CT molecular complexity index is 328. The van der Waals surface area contributed by atoms with Gasteiger partial charge in [0.25, 0.3) is 0 Å². The number of nitrogens with zero attached hydrogens (tertiary/aromatic N) is 1. The second-order valence-corrected chi connectivity index (χ2v) is 3.64. The van der Waals surface area contributed by atoms with E-state index < -0.39 is 0 Å². The van der Waals surface area contributed by atoms with E-state index in [0.717, 1.165) is 31.5 Å². The van der Waals surface area contributed by atoms with Crippen LogP contribution < -0.4 is 0 Å². The molecule has 0 spiro atoms. The van der Waals surface area contributed by atoms with Gasteiger partial charge in [-0.1, -0.05) is 12.1 Å². The normalized spacial score (nSPS) is 19.8. The van der Waals surface area contributed by atoms with E-state index in [2.05, 4.69) is 0 Å². The van der Waals surface area contributed by atoms with Crippen molar-refractivity contribution in [2.75, 3.05) is 13.1 Å². The third kappa shape index (κ3) is 2.69. The molecule has 1 aliphatic rings. The fourth-order valence-corrected chi connectivity index (χ4v) is 1.89. The van der Waals surface area contributed by atoms with E-state index in [0.29, 0.717) is 5.92 Å². The number of benzene rings is 1. The van der Waals surface area contributed by atoms with Crippen molar-refractivity contribution in [2.45, 2.75) is 12.3 Å². The Labute approximate surface area is 94.5 Å². The smallest absolute Gasteiger partial charge is 0.209 e. The zero-order valence-corrected chi connectivity index (χ0v) is 9.04. The SMILES string of the molecule is Cl.O=CN1CC[C@@H](c2ccc(F)cc2)C1. The lowest BCUT2D eigenvalue weighted by atomic mass is 9.99. The Morgan fingerprint density at radius 3 is 2.53 bits per heavy atom. The minimum Gasteiger partial charge on any atom is -0.345 e. The van der Waals surface area contributed by atoms with Crippen LogP contribution >= 0.6 is 12.4 Å². The predicted octanol–water partition coefficient (Wildman–Crippen LogP) is 2.19. The molecule has 1 saturated heterocycles. The molecule has 0 aliphatic carbocycles. The van der Waals surface area contributed by atoms with Crippen molar-refractivity contribution >= 4 is 18.8 Å². The lowest BCUT2D eigenvalue weighted by Gasteiger charge is -2.10. The molecule has 4 heteroatoms. The summed E-state index contributed by atoms with van der Waals surface area (Å²) in [6.45, 7) is 1.57. The maximum absolute atomic E-state index is 12.6. The van der Waals surface area contributed by atoms with Gasteiger partial charge in [-0.15, -0.1) is 12.4 Å². The lowest BCUT2D eigenvalue weighted by Crippen LogP contribution is -2.17. The molecule has 1 aliphatic heterocycles. The number of hydrogen-bond acceptors (Lipinski definition) is 1. The van der Waals surface area contributed by atoms with Crippen LogP contribution in [0.1, 0.15) is 17.9 Å². The summed E-state index contributed by atoms with van der Waals surface area (Å²) in [6.07, 6.45) is 1.86. The summed E-state index contributed by atoms with van der Waals surface area (Å²) in [6, 6.07) is 6.54. The molecule has 1 aromatic carbocycles. The van der Waals surface area contributed by atoms with Crippen molar-refractivity contribution in [1.82, 2.24) is 4.90 Å². The van der Waals surface area contributed by atoms with Gasteiger partial charge < -0.3 is 4.90 Å². The Kier molecular flexibility index (Phi) is 4.09. The van der Waals surface area contributed by atoms with Gasteiger partial charge in [-0.25, -0.2) is 4.39 Å². The largest absolute Gasteiger partial charge is 0.345 e. The van der Waals surface area contributed by atoms with Crippen LogP contribution in [0.4, 0.5) is 4.39 Å². The number of carbonyl (C=O) groups is 1. The predicted molar refractivity (Wildman–Crippen MR) is 58.6 cm³/mol. The first-order valence-electron chi connectivity index (χ1n) is 4.74. The van der Waals surface area contributed by atoms with Gasteiger partial charge in [-0.3, -0.25) is 4.79 Å². The highest BCUT2D eigenvalue weighted by Gasteiger charge is 2.22. The topological polar surface area (TPSA) is 20.3 Å². The van der Waals surface area contributed by atoms with E-state index in [1.165, 1.54) is 12.1 Å². The third-order valence-corrected chi connectivity index (χ3v) is 2.71. The minimum absolute atomic E-state index is 0. The summed E-state index contributed by atoms with van der Waals surface area (Å²) in [5.74, 6) is 0.166. The van der Waals surface area contributed by atoms with Crippen molar-refractivity contribution in [3.8, 4) is 0 Å². The van der Waals surface area contributed by atoms with E-state index in [9.17, 15) is 9.18 Å². The molecule has 0 N–H and O–H groups in total. The maximum atomic E-state index is 12.6. The molecule has 15 heavy (non-hydrogen) atoms. The van der Waals surface area contributed by atoms with Gasteiger partial charge in [0.15, 0.2) is 0 Å². The van der Waals surface area contributed by atoms with Gasteiger partial charge in [-0.2, -0.15) is 0 Å². The van der Waals surface area contributed by atoms with Gasteiger partial charge >= 0.3 is 0 Å². The highest BCUT2D eigenvalue weighted by atomic mass is 35.5. The number of carbonyl (C=O) groups excluding carboxylic acids is 1. The molecule has 0 unspecified atom stereocenters. The van der Waals surface area contributed by atoms with Crippen LogP contribution in [0.15, 0.2) is 24.3 Å². The molecule has 82 valence electrons. The first-order valence-corrected chi connectivity index (χ1v) is 4.74. The van der Waals surface area contributed by atoms with Crippen LogP contribution in [0.25, 0.3) is 0 Å². The van der Waals surface area contributed by atoms with E-state index in [1.807, 2.05) is 0 Å². The molecule has 1 heterocycles. The van der Waals surface area contributed by atoms with Crippen molar-refractivity contribution < 1.29 is 9.18 Å². The average molecular weight is 230 g/mol. The Hall–Kier alpha value is -1.09. The average Bonchev–Trinajstić information content (AvgIpc) is 2.67. The zero-order chi connectivity index (χ0) is 9.97. The maximum Gasteiger partial charge on any atom is 0.209 e. The van der Waals surface area contributed by atoms with Crippen molar-refractivity contribution in [3.05, 3.63) is 35.6 Å². The Morgan fingerprint density at radius 1 is 1.33 bits per heavy atom. The minimum atomic E-state index is -0.209. The van der Waals surface area contributed by atoms with Crippen molar-refractivity contribution in [3.63, 3.8) is 0 Å². The van der Waals surface area contributed by atoms with E-state index >= 15 is 0 Å². The molecule has 2 rings (SSSR count). The Morgan fingerprint density at radius 2 is 2.00 bits per heavy atom. The second-order valence-electron chi connectivity index (χ2n) is 3.64. The van der Waals surface area contributed by atoms with Gasteiger partial charge in [0, 0.05) is 19.0 Å². The highest BCUT2D eigenvalue weighted by Crippen LogP contribution is 2.26. The number of hydrogen-bond donors (Lipinski definition) is 0. The van der Waals surface area contributed by atoms with Crippen molar-refractivity contribution in [2.24, 2.45) is 0 Å². The molecule has 1 amide bonds. The van der Waals surface area contributed by atoms with Gasteiger partial charge in [0.1, 0.15) is 5.82 Å². The van der Waals surface area contributed by atoms with E-state index in [-0.39, 0.29) is 18.2 Å². The fourth-order valence-electron chi connectivity index (χ4n) is 1.89. The fraction of sp³-hybridized carbons (Fsp3) is 0.364. The van der Waals surface area contributed by atoms with Gasteiger partial charge in [0.05, 0.1) is 0 Å². The zero-order valence-electron chi connectivity index (χ0n) is 8.23. The van der Waals surface area contributed by atoms with Crippen LogP contribution in [-0.2, 0) is 4.79 Å². The van der Waals surface area contributed by atoms with E-state index in [1.54, 1.807) is 17.0 Å². The summed E-state index contributed by atoms with van der Waals surface area (Å²) in [7, 11) is 0. The molecule has 1 fully saturated rings. The second kappa shape index (κ2) is 5.12. The lowest BCUT2D eigenvalue weighted by molar-refractivity contribution is -0.117. The molecular weight excluding hydrogens is 217 g/mol. The standard InChI is InChI=1S/C11H12FNO.ClH/c12-11-3-1-9(2-4-11)10-5-6-13(7-10)8-14;/h1-4,8,10H,5-7H2;1H/t10-;/m1./s1. The number of amides is 1. The first-order chi connectivity index (χ1) is 6.79. The highest BCUT2D eigenvalue weighted by molar-refractivity contribution is 5.85. The van der Waals surface area contributed by atoms with E-state index in [4.69, 9.17) is 0 Å². The molecule has 1 atom stereocenters. The van der Waals surface area contributed by atoms with Crippen LogP contribution in [0.5, 0.6) is 0 Å². The number of halogens is 2. The Balaban J connectivity index is 0.00000112.